The highest BCUT2D eigenvalue weighted by Crippen LogP contribution is 2.24. The quantitative estimate of drug-likeness (QED) is 0.714. The van der Waals surface area contributed by atoms with Gasteiger partial charge in [-0.1, -0.05) is 0 Å². The standard InChI is InChI=1S/C16H16F3NO3/c1-23-11-2-3-15(22)10(4-11)7-20-14(8-21)9-5-12(17)16(19)13(18)6-9/h2-6,14,20-22H,7-8H2,1H3. The Morgan fingerprint density at radius 1 is 1.13 bits per heavy atom. The molecule has 2 aromatic rings. The fourth-order valence-electron chi connectivity index (χ4n) is 2.13. The molecule has 0 saturated carbocycles. The molecule has 0 amide bonds. The zero-order valence-electron chi connectivity index (χ0n) is 12.3. The van der Waals surface area contributed by atoms with Gasteiger partial charge in [0, 0.05) is 12.1 Å². The van der Waals surface area contributed by atoms with E-state index in [2.05, 4.69) is 5.32 Å². The Morgan fingerprint density at radius 2 is 1.78 bits per heavy atom. The molecule has 0 saturated heterocycles. The highest BCUT2D eigenvalue weighted by Gasteiger charge is 2.17. The van der Waals surface area contributed by atoms with Crippen LogP contribution in [0.5, 0.6) is 11.5 Å². The molecule has 1 atom stereocenters. The van der Waals surface area contributed by atoms with Crippen molar-refractivity contribution < 1.29 is 28.1 Å². The maximum absolute atomic E-state index is 13.3. The molecule has 0 radical (unpaired) electrons. The smallest absolute Gasteiger partial charge is 0.194 e. The average molecular weight is 327 g/mol. The van der Waals surface area contributed by atoms with Gasteiger partial charge in [0.2, 0.25) is 0 Å². The second-order valence-corrected chi connectivity index (χ2v) is 4.91. The summed E-state index contributed by atoms with van der Waals surface area (Å²) in [5.41, 5.74) is 0.539. The van der Waals surface area contributed by atoms with Gasteiger partial charge in [0.25, 0.3) is 0 Å². The number of hydrogen-bond acceptors (Lipinski definition) is 4. The second kappa shape index (κ2) is 7.34. The minimum Gasteiger partial charge on any atom is -0.508 e. The topological polar surface area (TPSA) is 61.7 Å². The fraction of sp³-hybridized carbons (Fsp3) is 0.250. The van der Waals surface area contributed by atoms with Crippen LogP contribution in [-0.4, -0.2) is 23.9 Å². The van der Waals surface area contributed by atoms with E-state index in [1.54, 1.807) is 12.1 Å². The predicted molar refractivity (Wildman–Crippen MR) is 77.6 cm³/mol. The first-order valence-electron chi connectivity index (χ1n) is 6.80. The van der Waals surface area contributed by atoms with E-state index in [0.29, 0.717) is 11.3 Å². The van der Waals surface area contributed by atoms with Crippen LogP contribution < -0.4 is 10.1 Å². The third-order valence-electron chi connectivity index (χ3n) is 3.42. The van der Waals surface area contributed by atoms with E-state index in [-0.39, 0.29) is 17.9 Å². The summed E-state index contributed by atoms with van der Waals surface area (Å²) >= 11 is 0. The van der Waals surface area contributed by atoms with Crippen molar-refractivity contribution in [3.63, 3.8) is 0 Å². The highest BCUT2D eigenvalue weighted by atomic mass is 19.2. The molecule has 0 aromatic heterocycles. The van der Waals surface area contributed by atoms with Crippen LogP contribution in [0.1, 0.15) is 17.2 Å². The van der Waals surface area contributed by atoms with Gasteiger partial charge in [-0.25, -0.2) is 13.2 Å². The van der Waals surface area contributed by atoms with Crippen molar-refractivity contribution in [2.24, 2.45) is 0 Å². The van der Waals surface area contributed by atoms with Gasteiger partial charge in [0.15, 0.2) is 17.5 Å². The van der Waals surface area contributed by atoms with Gasteiger partial charge in [0.05, 0.1) is 19.8 Å². The van der Waals surface area contributed by atoms with Gasteiger partial charge in [-0.3, -0.25) is 0 Å². The Labute approximate surface area is 131 Å². The Kier molecular flexibility index (Phi) is 5.46. The average Bonchev–Trinajstić information content (AvgIpc) is 2.54. The largest absolute Gasteiger partial charge is 0.508 e. The Bertz CT molecular complexity index is 671. The molecule has 2 aromatic carbocycles. The van der Waals surface area contributed by atoms with E-state index in [1.165, 1.54) is 13.2 Å². The normalized spacial score (nSPS) is 12.2. The van der Waals surface area contributed by atoms with E-state index in [9.17, 15) is 23.4 Å². The minimum absolute atomic E-state index is 0.00598. The Morgan fingerprint density at radius 3 is 2.35 bits per heavy atom. The maximum atomic E-state index is 13.3. The SMILES string of the molecule is COc1ccc(O)c(CNC(CO)c2cc(F)c(F)c(F)c2)c1. The first-order chi connectivity index (χ1) is 11.0. The summed E-state index contributed by atoms with van der Waals surface area (Å²) < 4.78 is 44.6. The number of hydrogen-bond donors (Lipinski definition) is 3. The Hall–Kier alpha value is -2.25. The zero-order chi connectivity index (χ0) is 17.0. The molecular weight excluding hydrogens is 311 g/mol. The molecule has 4 nitrogen and oxygen atoms in total. The van der Waals surface area contributed by atoms with Crippen LogP contribution in [-0.2, 0) is 6.54 Å². The van der Waals surface area contributed by atoms with E-state index < -0.39 is 30.1 Å². The van der Waals surface area contributed by atoms with Gasteiger partial charge in [0.1, 0.15) is 11.5 Å². The Balaban J connectivity index is 2.17. The number of methoxy groups -OCH3 is 1. The number of rotatable bonds is 6. The third kappa shape index (κ3) is 3.94. The minimum atomic E-state index is -1.56. The molecule has 0 aliphatic carbocycles. The predicted octanol–water partition coefficient (Wildman–Crippen LogP) is 2.64. The van der Waals surface area contributed by atoms with Gasteiger partial charge in [-0.2, -0.15) is 0 Å². The molecule has 7 heteroatoms. The van der Waals surface area contributed by atoms with Crippen LogP contribution in [0.25, 0.3) is 0 Å². The molecule has 3 N–H and O–H groups in total. The van der Waals surface area contributed by atoms with Crippen molar-refractivity contribution in [3.05, 3.63) is 58.9 Å². The van der Waals surface area contributed by atoms with Gasteiger partial charge < -0.3 is 20.3 Å². The van der Waals surface area contributed by atoms with Crippen LogP contribution in [0, 0.1) is 17.5 Å². The summed E-state index contributed by atoms with van der Waals surface area (Å²) in [5.74, 6) is -3.68. The lowest BCUT2D eigenvalue weighted by atomic mass is 10.1. The van der Waals surface area contributed by atoms with Gasteiger partial charge in [-0.15, -0.1) is 0 Å². The number of benzene rings is 2. The fourth-order valence-corrected chi connectivity index (χ4v) is 2.13. The van der Waals surface area contributed by atoms with Crippen LogP contribution >= 0.6 is 0 Å². The number of aliphatic hydroxyl groups excluding tert-OH is 1. The van der Waals surface area contributed by atoms with Crippen molar-refractivity contribution in [1.82, 2.24) is 5.32 Å². The van der Waals surface area contributed by atoms with Crippen LogP contribution in [0.2, 0.25) is 0 Å². The third-order valence-corrected chi connectivity index (χ3v) is 3.42. The first-order valence-corrected chi connectivity index (χ1v) is 6.80. The molecule has 0 bridgehead atoms. The van der Waals surface area contributed by atoms with E-state index in [4.69, 9.17) is 4.74 Å². The maximum Gasteiger partial charge on any atom is 0.194 e. The number of ether oxygens (including phenoxy) is 1. The lowest BCUT2D eigenvalue weighted by Crippen LogP contribution is -2.24. The molecule has 0 aliphatic heterocycles. The van der Waals surface area contributed by atoms with Crippen molar-refractivity contribution >= 4 is 0 Å². The summed E-state index contributed by atoms with van der Waals surface area (Å²) in [6.45, 7) is -0.357. The highest BCUT2D eigenvalue weighted by molar-refractivity contribution is 5.39. The molecule has 124 valence electrons. The van der Waals surface area contributed by atoms with E-state index in [1.807, 2.05) is 0 Å². The molecule has 0 heterocycles. The molecule has 0 spiro atoms. The second-order valence-electron chi connectivity index (χ2n) is 4.91. The summed E-state index contributed by atoms with van der Waals surface area (Å²) in [5, 5.41) is 22.0. The summed E-state index contributed by atoms with van der Waals surface area (Å²) in [4.78, 5) is 0. The number of nitrogens with one attached hydrogen (secondary N) is 1. The number of phenols is 1. The summed E-state index contributed by atoms with van der Waals surface area (Å²) in [6.07, 6.45) is 0. The lowest BCUT2D eigenvalue weighted by Gasteiger charge is -2.18. The zero-order valence-corrected chi connectivity index (χ0v) is 12.3. The number of halogens is 3. The summed E-state index contributed by atoms with van der Waals surface area (Å²) in [7, 11) is 1.48. The molecule has 23 heavy (non-hydrogen) atoms. The van der Waals surface area contributed by atoms with Crippen molar-refractivity contribution in [1.29, 1.82) is 0 Å². The van der Waals surface area contributed by atoms with E-state index >= 15 is 0 Å². The molecule has 0 aliphatic rings. The number of aliphatic hydroxyl groups is 1. The molecular formula is C16H16F3NO3. The van der Waals surface area contributed by atoms with Crippen molar-refractivity contribution in [3.8, 4) is 11.5 Å². The van der Waals surface area contributed by atoms with Crippen LogP contribution in [0.4, 0.5) is 13.2 Å². The molecule has 1 unspecified atom stereocenters. The van der Waals surface area contributed by atoms with Crippen LogP contribution in [0.3, 0.4) is 0 Å². The monoisotopic (exact) mass is 327 g/mol. The van der Waals surface area contributed by atoms with Gasteiger partial charge in [-0.05, 0) is 35.9 Å². The van der Waals surface area contributed by atoms with Crippen molar-refractivity contribution in [2.75, 3.05) is 13.7 Å². The molecule has 2 rings (SSSR count). The van der Waals surface area contributed by atoms with E-state index in [0.717, 1.165) is 12.1 Å². The van der Waals surface area contributed by atoms with Crippen molar-refractivity contribution in [2.45, 2.75) is 12.6 Å². The first kappa shape index (κ1) is 17.1. The van der Waals surface area contributed by atoms with Gasteiger partial charge >= 0.3 is 0 Å². The molecule has 0 fully saturated rings. The van der Waals surface area contributed by atoms with Crippen LogP contribution in [0.15, 0.2) is 30.3 Å². The number of phenolic OH excluding ortho intramolecular Hbond substituents is 1. The lowest BCUT2D eigenvalue weighted by molar-refractivity contribution is 0.242. The summed E-state index contributed by atoms with van der Waals surface area (Å²) in [6, 6.07) is 5.41. The number of aromatic hydroxyl groups is 1.